The van der Waals surface area contributed by atoms with Crippen LogP contribution in [0.25, 0.3) is 11.8 Å². The molecule has 1 aliphatic carbocycles. The van der Waals surface area contributed by atoms with Gasteiger partial charge in [-0.2, -0.15) is 0 Å². The van der Waals surface area contributed by atoms with Gasteiger partial charge in [0.25, 0.3) is 5.56 Å². The molecule has 3 aromatic carbocycles. The lowest BCUT2D eigenvalue weighted by atomic mass is 9.83. The third-order valence-corrected chi connectivity index (χ3v) is 7.52. The Balaban J connectivity index is 1.53. The maximum atomic E-state index is 14.3. The van der Waals surface area contributed by atoms with Crippen LogP contribution in [-0.2, 0) is 6.42 Å². The number of benzene rings is 3. The molecule has 2 heterocycles. The third kappa shape index (κ3) is 3.88. The molecule has 176 valence electrons. The summed E-state index contributed by atoms with van der Waals surface area (Å²) in [6.45, 7) is 0.200. The lowest BCUT2D eigenvalue weighted by Gasteiger charge is -2.30. The number of ether oxygens (including phenoxy) is 1. The van der Waals surface area contributed by atoms with Crippen molar-refractivity contribution in [1.29, 1.82) is 0 Å². The minimum absolute atomic E-state index is 0.133. The number of nitrogens with zero attached hydrogens (tertiary/aromatic N) is 2. The van der Waals surface area contributed by atoms with E-state index in [4.69, 9.17) is 16.2 Å². The van der Waals surface area contributed by atoms with Crippen molar-refractivity contribution in [2.45, 2.75) is 18.9 Å². The molecule has 1 aliphatic heterocycles. The van der Waals surface area contributed by atoms with Gasteiger partial charge in [-0.15, -0.1) is 6.42 Å². The number of fused-ring (bicyclic) bond motifs is 3. The molecule has 0 radical (unpaired) electrons. The Hall–Kier alpha value is -4.21. The van der Waals surface area contributed by atoms with E-state index in [1.807, 2.05) is 48.5 Å². The summed E-state index contributed by atoms with van der Waals surface area (Å²) in [5.41, 5.74) is 5.75. The van der Waals surface area contributed by atoms with Crippen LogP contribution < -0.4 is 19.6 Å². The molecule has 4 nitrogen and oxygen atoms in total. The summed E-state index contributed by atoms with van der Waals surface area (Å²) in [5.74, 6) is 2.79. The average Bonchev–Trinajstić information content (AvgIpc) is 3.21. The quantitative estimate of drug-likeness (QED) is 0.395. The Morgan fingerprint density at radius 1 is 1.11 bits per heavy atom. The minimum atomic E-state index is -0.401. The molecule has 0 bridgehead atoms. The number of aromatic nitrogens is 1. The molecule has 0 spiro atoms. The van der Waals surface area contributed by atoms with Crippen LogP contribution in [0.1, 0.15) is 34.7 Å². The van der Waals surface area contributed by atoms with Gasteiger partial charge in [-0.25, -0.2) is 9.38 Å². The highest BCUT2D eigenvalue weighted by Gasteiger charge is 2.32. The molecule has 1 atom stereocenters. The average molecular weight is 493 g/mol. The van der Waals surface area contributed by atoms with Crippen molar-refractivity contribution in [2.75, 3.05) is 6.61 Å². The zero-order chi connectivity index (χ0) is 24.6. The molecule has 1 aromatic heterocycles. The Morgan fingerprint density at radius 2 is 1.94 bits per heavy atom. The van der Waals surface area contributed by atoms with Crippen molar-refractivity contribution < 1.29 is 9.13 Å². The van der Waals surface area contributed by atoms with E-state index in [1.54, 1.807) is 10.6 Å². The Morgan fingerprint density at radius 3 is 2.75 bits per heavy atom. The second kappa shape index (κ2) is 9.10. The van der Waals surface area contributed by atoms with Crippen LogP contribution in [0.5, 0.6) is 5.75 Å². The van der Waals surface area contributed by atoms with E-state index in [1.165, 1.54) is 29.0 Å². The zero-order valence-electron chi connectivity index (χ0n) is 19.3. The summed E-state index contributed by atoms with van der Waals surface area (Å²) in [6, 6.07) is 21.8. The lowest BCUT2D eigenvalue weighted by Crippen LogP contribution is -2.38. The van der Waals surface area contributed by atoms with Gasteiger partial charge < -0.3 is 4.74 Å². The first-order valence-corrected chi connectivity index (χ1v) is 12.5. The van der Waals surface area contributed by atoms with Crippen molar-refractivity contribution in [3.05, 3.63) is 126 Å². The molecule has 0 amide bonds. The Bertz CT molecular complexity index is 1740. The highest BCUT2D eigenvalue weighted by molar-refractivity contribution is 7.07. The van der Waals surface area contributed by atoms with Gasteiger partial charge in [-0.3, -0.25) is 9.36 Å². The smallest absolute Gasteiger partial charge is 0.271 e. The molecule has 0 saturated heterocycles. The summed E-state index contributed by atoms with van der Waals surface area (Å²) in [7, 11) is 0. The predicted octanol–water partition coefficient (Wildman–Crippen LogP) is 4.47. The van der Waals surface area contributed by atoms with Crippen molar-refractivity contribution >= 4 is 23.1 Å². The molecule has 36 heavy (non-hydrogen) atoms. The van der Waals surface area contributed by atoms with Crippen LogP contribution in [0, 0.1) is 18.2 Å². The molecule has 4 aromatic rings. The summed E-state index contributed by atoms with van der Waals surface area (Å²) in [4.78, 5) is 19.3. The number of hydrogen-bond donors (Lipinski definition) is 0. The normalized spacial score (nSPS) is 16.4. The van der Waals surface area contributed by atoms with Gasteiger partial charge in [0.2, 0.25) is 0 Å². The monoisotopic (exact) mass is 492 g/mol. The van der Waals surface area contributed by atoms with Gasteiger partial charge in [0.15, 0.2) is 4.80 Å². The molecular formula is C30H21FN2O2S. The van der Waals surface area contributed by atoms with Crippen LogP contribution in [-0.4, -0.2) is 11.2 Å². The first kappa shape index (κ1) is 22.3. The summed E-state index contributed by atoms with van der Waals surface area (Å²) in [6.07, 6.45) is 8.73. The van der Waals surface area contributed by atoms with E-state index in [0.717, 1.165) is 40.8 Å². The SMILES string of the molecule is C#CCOc1ccc(/C=c2/sc3n(c2=O)C(c2cccc(F)c2)C2=C(N=3)c3ccccc3CC2)cc1. The van der Waals surface area contributed by atoms with Gasteiger partial charge >= 0.3 is 0 Å². The number of thiazole rings is 1. The number of terminal acetylenes is 1. The summed E-state index contributed by atoms with van der Waals surface area (Å²) in [5, 5.41) is 0. The van der Waals surface area contributed by atoms with Gasteiger partial charge in [0.05, 0.1) is 16.3 Å². The number of rotatable bonds is 4. The Kier molecular flexibility index (Phi) is 5.63. The van der Waals surface area contributed by atoms with Gasteiger partial charge in [-0.1, -0.05) is 65.8 Å². The molecular weight excluding hydrogens is 471 g/mol. The van der Waals surface area contributed by atoms with E-state index in [-0.39, 0.29) is 18.0 Å². The topological polar surface area (TPSA) is 43.6 Å². The molecule has 1 unspecified atom stereocenters. The highest BCUT2D eigenvalue weighted by Crippen LogP contribution is 2.41. The largest absolute Gasteiger partial charge is 0.481 e. The predicted molar refractivity (Wildman–Crippen MR) is 140 cm³/mol. The number of allylic oxidation sites excluding steroid dienone is 1. The van der Waals surface area contributed by atoms with Crippen LogP contribution >= 0.6 is 11.3 Å². The fourth-order valence-electron chi connectivity index (χ4n) is 4.94. The number of hydrogen-bond acceptors (Lipinski definition) is 4. The molecule has 0 N–H and O–H groups in total. The lowest BCUT2D eigenvalue weighted by molar-refractivity contribution is 0.370. The van der Waals surface area contributed by atoms with Crippen LogP contribution in [0.3, 0.4) is 0 Å². The third-order valence-electron chi connectivity index (χ3n) is 6.54. The summed E-state index contributed by atoms with van der Waals surface area (Å²) >= 11 is 1.35. The first-order chi connectivity index (χ1) is 17.6. The van der Waals surface area contributed by atoms with E-state index < -0.39 is 6.04 Å². The van der Waals surface area contributed by atoms with Crippen LogP contribution in [0.4, 0.5) is 4.39 Å². The first-order valence-electron chi connectivity index (χ1n) is 11.7. The molecule has 2 aliphatic rings. The van der Waals surface area contributed by atoms with Crippen molar-refractivity contribution in [3.63, 3.8) is 0 Å². The summed E-state index contributed by atoms with van der Waals surface area (Å²) < 4.78 is 22.0. The van der Waals surface area contributed by atoms with E-state index in [2.05, 4.69) is 18.1 Å². The van der Waals surface area contributed by atoms with Crippen molar-refractivity contribution in [3.8, 4) is 18.1 Å². The fraction of sp³-hybridized carbons (Fsp3) is 0.133. The molecule has 0 saturated carbocycles. The maximum absolute atomic E-state index is 14.3. The number of aryl methyl sites for hydroxylation is 1. The van der Waals surface area contributed by atoms with Gasteiger partial charge in [0, 0.05) is 5.56 Å². The number of halogens is 1. The minimum Gasteiger partial charge on any atom is -0.481 e. The standard InChI is InChI=1S/C30H21FN2O2S/c1-2-16-35-23-13-10-19(11-14-23)17-26-29(34)33-28(21-7-5-8-22(31)18-21)25-15-12-20-6-3-4-9-24(20)27(25)32-30(33)36-26/h1,3-11,13-14,17-18,28H,12,15-16H2/b26-17+. The zero-order valence-corrected chi connectivity index (χ0v) is 20.1. The molecule has 0 fully saturated rings. The molecule has 6 rings (SSSR count). The van der Waals surface area contributed by atoms with Crippen molar-refractivity contribution in [2.24, 2.45) is 4.99 Å². The van der Waals surface area contributed by atoms with Gasteiger partial charge in [-0.05, 0) is 65.4 Å². The van der Waals surface area contributed by atoms with Gasteiger partial charge in [0.1, 0.15) is 18.2 Å². The highest BCUT2D eigenvalue weighted by atomic mass is 32.1. The van der Waals surface area contributed by atoms with E-state index in [0.29, 0.717) is 15.1 Å². The van der Waals surface area contributed by atoms with Crippen molar-refractivity contribution in [1.82, 2.24) is 4.57 Å². The van der Waals surface area contributed by atoms with E-state index >= 15 is 0 Å². The molecule has 6 heteroatoms. The van der Waals surface area contributed by atoms with E-state index in [9.17, 15) is 9.18 Å². The second-order valence-corrected chi connectivity index (χ2v) is 9.74. The second-order valence-electron chi connectivity index (χ2n) is 8.73. The fourth-order valence-corrected chi connectivity index (χ4v) is 5.94. The van der Waals surface area contributed by atoms with Crippen LogP contribution in [0.2, 0.25) is 0 Å². The van der Waals surface area contributed by atoms with Crippen LogP contribution in [0.15, 0.2) is 88.2 Å². The maximum Gasteiger partial charge on any atom is 0.271 e. The Labute approximate surface area is 211 Å².